The van der Waals surface area contributed by atoms with E-state index >= 15 is 0 Å². The Hall–Kier alpha value is -3.59. The van der Waals surface area contributed by atoms with Crippen molar-refractivity contribution >= 4 is 21.6 Å². The topological polar surface area (TPSA) is 97.7 Å². The first kappa shape index (κ1) is 22.2. The zero-order valence-electron chi connectivity index (χ0n) is 18.7. The van der Waals surface area contributed by atoms with Crippen LogP contribution >= 0.6 is 0 Å². The molecule has 2 aliphatic heterocycles. The summed E-state index contributed by atoms with van der Waals surface area (Å²) in [6.07, 6.45) is 0.898. The number of nitrogens with one attached hydrogen (secondary N) is 1. The molecule has 176 valence electrons. The second-order valence-corrected chi connectivity index (χ2v) is 10.4. The van der Waals surface area contributed by atoms with Gasteiger partial charge in [-0.05, 0) is 60.9 Å². The van der Waals surface area contributed by atoms with E-state index in [4.69, 9.17) is 4.74 Å². The van der Waals surface area contributed by atoms with Gasteiger partial charge in [-0.2, -0.15) is 0 Å². The summed E-state index contributed by atoms with van der Waals surface area (Å²) in [4.78, 5) is 28.1. The predicted octanol–water partition coefficient (Wildman–Crippen LogP) is 2.92. The number of pyridine rings is 1. The zero-order chi connectivity index (χ0) is 23.9. The lowest BCUT2D eigenvalue weighted by Crippen LogP contribution is -2.49. The van der Waals surface area contributed by atoms with Crippen LogP contribution in [-0.2, 0) is 16.6 Å². The molecule has 1 N–H and O–H groups in total. The average molecular weight is 480 g/mol. The first-order valence-electron chi connectivity index (χ1n) is 11.1. The van der Waals surface area contributed by atoms with Crippen molar-refractivity contribution in [2.75, 3.05) is 24.9 Å². The molecule has 2 atom stereocenters. The Morgan fingerprint density at radius 1 is 0.971 bits per heavy atom. The molecule has 0 spiro atoms. The average Bonchev–Trinajstić information content (AvgIpc) is 2.86. The number of rotatable bonds is 5. The van der Waals surface area contributed by atoms with Gasteiger partial charge >= 0.3 is 0 Å². The van der Waals surface area contributed by atoms with Crippen LogP contribution < -0.4 is 15.0 Å². The van der Waals surface area contributed by atoms with Crippen LogP contribution in [0.15, 0.2) is 76.4 Å². The molecule has 2 aromatic carbocycles. The SMILES string of the molecule is COc1ccc(S(=O)(=O)Nc2ccc3n(c2=O)C[C@@H]2C[C@@H]3CN(C(=O)c3ccccc3)C2)cc1. The van der Waals surface area contributed by atoms with E-state index in [0.29, 0.717) is 30.9 Å². The van der Waals surface area contributed by atoms with Crippen molar-refractivity contribution in [1.29, 1.82) is 0 Å². The summed E-state index contributed by atoms with van der Waals surface area (Å²) in [6.45, 7) is 1.54. The number of benzene rings is 2. The minimum atomic E-state index is -3.93. The van der Waals surface area contributed by atoms with Gasteiger partial charge in [-0.3, -0.25) is 14.3 Å². The molecule has 0 radical (unpaired) electrons. The van der Waals surface area contributed by atoms with Gasteiger partial charge in [0.15, 0.2) is 0 Å². The summed E-state index contributed by atoms with van der Waals surface area (Å²) < 4.78 is 34.8. The first-order valence-corrected chi connectivity index (χ1v) is 12.6. The number of likely N-dealkylation sites (tertiary alicyclic amines) is 1. The molecule has 2 bridgehead atoms. The van der Waals surface area contributed by atoms with Crippen molar-refractivity contribution in [2.24, 2.45) is 5.92 Å². The molecule has 1 saturated heterocycles. The summed E-state index contributed by atoms with van der Waals surface area (Å²) in [6, 6.07) is 18.5. The zero-order valence-corrected chi connectivity index (χ0v) is 19.5. The van der Waals surface area contributed by atoms with Gasteiger partial charge in [0.25, 0.3) is 21.5 Å². The van der Waals surface area contributed by atoms with Crippen molar-refractivity contribution in [3.05, 3.63) is 88.3 Å². The second kappa shape index (κ2) is 8.64. The quantitative estimate of drug-likeness (QED) is 0.607. The number of nitrogens with zero attached hydrogens (tertiary/aromatic N) is 2. The van der Waals surface area contributed by atoms with E-state index in [9.17, 15) is 18.0 Å². The molecule has 0 unspecified atom stereocenters. The Morgan fingerprint density at radius 3 is 2.41 bits per heavy atom. The maximum atomic E-state index is 13.2. The summed E-state index contributed by atoms with van der Waals surface area (Å²) in [5.41, 5.74) is 1.13. The third kappa shape index (κ3) is 4.07. The molecular formula is C25H25N3O5S. The van der Waals surface area contributed by atoms with Crippen molar-refractivity contribution in [2.45, 2.75) is 23.8 Å². The number of hydrogen-bond acceptors (Lipinski definition) is 5. The number of sulfonamides is 1. The predicted molar refractivity (Wildman–Crippen MR) is 128 cm³/mol. The van der Waals surface area contributed by atoms with Crippen LogP contribution in [0.2, 0.25) is 0 Å². The lowest BCUT2D eigenvalue weighted by Gasteiger charge is -2.43. The summed E-state index contributed by atoms with van der Waals surface area (Å²) in [5, 5.41) is 0. The van der Waals surface area contributed by atoms with Crippen LogP contribution in [0.4, 0.5) is 5.69 Å². The van der Waals surface area contributed by atoms with Gasteiger partial charge in [0.05, 0.1) is 12.0 Å². The van der Waals surface area contributed by atoms with Gasteiger partial charge in [-0.1, -0.05) is 18.2 Å². The Kier molecular flexibility index (Phi) is 5.65. The fourth-order valence-electron chi connectivity index (χ4n) is 4.91. The third-order valence-electron chi connectivity index (χ3n) is 6.53. The second-order valence-electron chi connectivity index (χ2n) is 8.74. The maximum Gasteiger partial charge on any atom is 0.275 e. The van der Waals surface area contributed by atoms with E-state index in [1.54, 1.807) is 22.8 Å². The molecule has 0 aliphatic carbocycles. The Bertz CT molecular complexity index is 1380. The lowest BCUT2D eigenvalue weighted by molar-refractivity contribution is 0.0594. The summed E-state index contributed by atoms with van der Waals surface area (Å²) >= 11 is 0. The maximum absolute atomic E-state index is 13.2. The van der Waals surface area contributed by atoms with Crippen molar-refractivity contribution in [3.63, 3.8) is 0 Å². The lowest BCUT2D eigenvalue weighted by atomic mass is 9.83. The van der Waals surface area contributed by atoms with E-state index in [0.717, 1.165) is 12.1 Å². The standard InChI is InChI=1S/C25H25N3O5S/c1-33-20-7-9-21(10-8-20)34(31,32)26-22-11-12-23-19-13-17(15-28(23)25(22)30)14-27(16-19)24(29)18-5-3-2-4-6-18/h2-12,17,19,26H,13-16H2,1H3/t17-,19-/m1/s1. The van der Waals surface area contributed by atoms with Crippen molar-refractivity contribution in [3.8, 4) is 5.75 Å². The number of piperidine rings is 1. The summed E-state index contributed by atoms with van der Waals surface area (Å²) in [7, 11) is -2.43. The number of fused-ring (bicyclic) bond motifs is 4. The first-order chi connectivity index (χ1) is 16.4. The highest BCUT2D eigenvalue weighted by molar-refractivity contribution is 7.92. The molecule has 3 heterocycles. The molecule has 3 aromatic rings. The molecule has 2 aliphatic rings. The summed E-state index contributed by atoms with van der Waals surface area (Å²) in [5.74, 6) is 0.694. The van der Waals surface area contributed by atoms with Gasteiger partial charge in [0, 0.05) is 36.8 Å². The van der Waals surface area contributed by atoms with Gasteiger partial charge in [0.2, 0.25) is 0 Å². The molecule has 8 nitrogen and oxygen atoms in total. The molecular weight excluding hydrogens is 454 g/mol. The molecule has 0 saturated carbocycles. The highest BCUT2D eigenvalue weighted by Gasteiger charge is 2.37. The van der Waals surface area contributed by atoms with Crippen LogP contribution in [0, 0.1) is 5.92 Å². The van der Waals surface area contributed by atoms with Crippen LogP contribution in [-0.4, -0.2) is 44.0 Å². The fraction of sp³-hybridized carbons (Fsp3) is 0.280. The van der Waals surface area contributed by atoms with E-state index in [1.165, 1.54) is 25.3 Å². The number of carbonyl (C=O) groups excluding carboxylic acids is 1. The number of amides is 1. The molecule has 1 fully saturated rings. The number of methoxy groups -OCH3 is 1. The van der Waals surface area contributed by atoms with Crippen molar-refractivity contribution < 1.29 is 17.9 Å². The normalized spacial score (nSPS) is 19.3. The van der Waals surface area contributed by atoms with Crippen LogP contribution in [0.3, 0.4) is 0 Å². The largest absolute Gasteiger partial charge is 0.497 e. The molecule has 5 rings (SSSR count). The smallest absolute Gasteiger partial charge is 0.275 e. The highest BCUT2D eigenvalue weighted by Crippen LogP contribution is 2.36. The van der Waals surface area contributed by atoms with Gasteiger partial charge in [0.1, 0.15) is 11.4 Å². The van der Waals surface area contributed by atoms with E-state index in [1.807, 2.05) is 35.2 Å². The highest BCUT2D eigenvalue weighted by atomic mass is 32.2. The van der Waals surface area contributed by atoms with Gasteiger partial charge in [-0.15, -0.1) is 0 Å². The Morgan fingerprint density at radius 2 is 1.71 bits per heavy atom. The number of carbonyl (C=O) groups is 1. The number of aromatic nitrogens is 1. The molecule has 1 aromatic heterocycles. The van der Waals surface area contributed by atoms with E-state index in [-0.39, 0.29) is 33.9 Å². The fourth-order valence-corrected chi connectivity index (χ4v) is 5.97. The van der Waals surface area contributed by atoms with E-state index < -0.39 is 10.0 Å². The van der Waals surface area contributed by atoms with Gasteiger partial charge < -0.3 is 14.2 Å². The number of hydrogen-bond donors (Lipinski definition) is 1. The number of ether oxygens (including phenoxy) is 1. The van der Waals surface area contributed by atoms with Crippen LogP contribution in [0.5, 0.6) is 5.75 Å². The van der Waals surface area contributed by atoms with E-state index in [2.05, 4.69) is 4.72 Å². The minimum absolute atomic E-state index is 0.00466. The van der Waals surface area contributed by atoms with Crippen molar-refractivity contribution in [1.82, 2.24) is 9.47 Å². The van der Waals surface area contributed by atoms with Crippen LogP contribution in [0.25, 0.3) is 0 Å². The Balaban J connectivity index is 1.39. The number of anilines is 1. The molecule has 9 heteroatoms. The molecule has 34 heavy (non-hydrogen) atoms. The monoisotopic (exact) mass is 479 g/mol. The molecule has 1 amide bonds. The third-order valence-corrected chi connectivity index (χ3v) is 7.91. The minimum Gasteiger partial charge on any atom is -0.497 e. The Labute approximate surface area is 197 Å². The van der Waals surface area contributed by atoms with Gasteiger partial charge in [-0.25, -0.2) is 8.42 Å². The van der Waals surface area contributed by atoms with Crippen LogP contribution in [0.1, 0.15) is 28.4 Å².